The standard InChI is InChI=1S/C21H22O7/c1-11-18(23)19(24)20(25)21(26-11)27-13-7-8-16-14(9-13)15(22)10-17(28-16)12-5-3-2-4-6-12/h2-9,11,17-21,23-25H,10H2,1H3/t11-,17?,18-,19+,20+,21-/m0/s1. The molecule has 4 rings (SSSR count). The molecule has 7 heteroatoms. The van der Waals surface area contributed by atoms with Crippen LogP contribution in [0.3, 0.4) is 0 Å². The maximum absolute atomic E-state index is 12.6. The zero-order valence-corrected chi connectivity index (χ0v) is 15.3. The van der Waals surface area contributed by atoms with Crippen molar-refractivity contribution >= 4 is 5.78 Å². The fourth-order valence-corrected chi connectivity index (χ4v) is 3.47. The first-order valence-electron chi connectivity index (χ1n) is 9.19. The molecule has 0 bridgehead atoms. The molecule has 0 saturated carbocycles. The van der Waals surface area contributed by atoms with Gasteiger partial charge in [0.25, 0.3) is 0 Å². The monoisotopic (exact) mass is 386 g/mol. The van der Waals surface area contributed by atoms with Crippen molar-refractivity contribution in [3.05, 3.63) is 59.7 Å². The highest BCUT2D eigenvalue weighted by atomic mass is 16.7. The second kappa shape index (κ2) is 7.52. The van der Waals surface area contributed by atoms with Gasteiger partial charge in [0.2, 0.25) is 6.29 Å². The van der Waals surface area contributed by atoms with Gasteiger partial charge in [-0.1, -0.05) is 30.3 Å². The lowest BCUT2D eigenvalue weighted by Gasteiger charge is -2.39. The number of aliphatic hydroxyl groups excluding tert-OH is 3. The Balaban J connectivity index is 1.52. The second-order valence-corrected chi connectivity index (χ2v) is 7.10. The summed E-state index contributed by atoms with van der Waals surface area (Å²) in [5, 5.41) is 29.7. The predicted octanol–water partition coefficient (Wildman–Crippen LogP) is 1.60. The highest BCUT2D eigenvalue weighted by Gasteiger charge is 2.43. The molecular formula is C21H22O7. The van der Waals surface area contributed by atoms with Gasteiger partial charge in [-0.25, -0.2) is 0 Å². The molecule has 1 fully saturated rings. The van der Waals surface area contributed by atoms with Crippen molar-refractivity contribution in [1.82, 2.24) is 0 Å². The molecule has 6 atom stereocenters. The molecule has 7 nitrogen and oxygen atoms in total. The SMILES string of the molecule is C[C@@H]1O[C@@H](Oc2ccc3c(c2)C(=O)CC(c2ccccc2)O3)[C@H](O)[C@H](O)[C@H]1O. The van der Waals surface area contributed by atoms with E-state index in [0.717, 1.165) is 5.56 Å². The number of carbonyl (C=O) groups is 1. The average molecular weight is 386 g/mol. The molecule has 2 aliphatic heterocycles. The van der Waals surface area contributed by atoms with E-state index < -0.39 is 30.7 Å². The van der Waals surface area contributed by atoms with Gasteiger partial charge in [-0.05, 0) is 30.7 Å². The molecule has 0 amide bonds. The third kappa shape index (κ3) is 3.49. The number of hydrogen-bond acceptors (Lipinski definition) is 7. The lowest BCUT2D eigenvalue weighted by atomic mass is 9.96. The molecule has 2 aliphatic rings. The van der Waals surface area contributed by atoms with E-state index in [0.29, 0.717) is 17.1 Å². The van der Waals surface area contributed by atoms with Crippen molar-refractivity contribution in [2.24, 2.45) is 0 Å². The molecule has 2 aromatic rings. The van der Waals surface area contributed by atoms with Crippen LogP contribution in [0.5, 0.6) is 11.5 Å². The Bertz CT molecular complexity index is 853. The molecule has 148 valence electrons. The van der Waals surface area contributed by atoms with Gasteiger partial charge < -0.3 is 29.5 Å². The van der Waals surface area contributed by atoms with Gasteiger partial charge in [-0.3, -0.25) is 4.79 Å². The van der Waals surface area contributed by atoms with Crippen LogP contribution in [-0.2, 0) is 4.74 Å². The minimum atomic E-state index is -1.42. The number of ketones is 1. The van der Waals surface area contributed by atoms with E-state index in [1.807, 2.05) is 30.3 Å². The van der Waals surface area contributed by atoms with Crippen LogP contribution >= 0.6 is 0 Å². The van der Waals surface area contributed by atoms with Crippen molar-refractivity contribution in [2.45, 2.75) is 50.2 Å². The summed E-state index contributed by atoms with van der Waals surface area (Å²) in [4.78, 5) is 12.6. The third-order valence-electron chi connectivity index (χ3n) is 5.12. The lowest BCUT2D eigenvalue weighted by Crippen LogP contribution is -2.58. The molecule has 1 unspecified atom stereocenters. The summed E-state index contributed by atoms with van der Waals surface area (Å²) in [7, 11) is 0. The normalized spacial score (nSPS) is 32.4. The Morgan fingerprint density at radius 3 is 2.50 bits per heavy atom. The zero-order chi connectivity index (χ0) is 19.8. The van der Waals surface area contributed by atoms with Crippen LogP contribution in [-0.4, -0.2) is 51.8 Å². The Morgan fingerprint density at radius 2 is 1.75 bits per heavy atom. The summed E-state index contributed by atoms with van der Waals surface area (Å²) >= 11 is 0. The van der Waals surface area contributed by atoms with Crippen LogP contribution in [0, 0.1) is 0 Å². The van der Waals surface area contributed by atoms with Crippen molar-refractivity contribution in [3.8, 4) is 11.5 Å². The molecule has 3 N–H and O–H groups in total. The highest BCUT2D eigenvalue weighted by Crippen LogP contribution is 2.37. The summed E-state index contributed by atoms with van der Waals surface area (Å²) < 4.78 is 17.0. The maximum atomic E-state index is 12.6. The second-order valence-electron chi connectivity index (χ2n) is 7.10. The van der Waals surface area contributed by atoms with Gasteiger partial charge in [-0.15, -0.1) is 0 Å². The van der Waals surface area contributed by atoms with Gasteiger partial charge in [-0.2, -0.15) is 0 Å². The van der Waals surface area contributed by atoms with Crippen LogP contribution in [0.2, 0.25) is 0 Å². The van der Waals surface area contributed by atoms with Gasteiger partial charge in [0, 0.05) is 0 Å². The quantitative estimate of drug-likeness (QED) is 0.736. The van der Waals surface area contributed by atoms with E-state index in [4.69, 9.17) is 14.2 Å². The van der Waals surface area contributed by atoms with E-state index in [2.05, 4.69) is 0 Å². The smallest absolute Gasteiger partial charge is 0.229 e. The minimum absolute atomic E-state index is 0.0745. The largest absolute Gasteiger partial charge is 0.484 e. The number of aliphatic hydroxyl groups is 3. The number of Topliss-reactive ketones (excluding diaryl/α,β-unsaturated/α-hetero) is 1. The van der Waals surface area contributed by atoms with Gasteiger partial charge in [0.1, 0.15) is 35.9 Å². The molecule has 28 heavy (non-hydrogen) atoms. The van der Waals surface area contributed by atoms with Crippen LogP contribution in [0.25, 0.3) is 0 Å². The average Bonchev–Trinajstić information content (AvgIpc) is 2.71. The first-order chi connectivity index (χ1) is 13.4. The van der Waals surface area contributed by atoms with E-state index in [9.17, 15) is 20.1 Å². The van der Waals surface area contributed by atoms with Crippen molar-refractivity contribution in [3.63, 3.8) is 0 Å². The Morgan fingerprint density at radius 1 is 1.00 bits per heavy atom. The van der Waals surface area contributed by atoms with Crippen LogP contribution < -0.4 is 9.47 Å². The topological polar surface area (TPSA) is 105 Å². The first-order valence-corrected chi connectivity index (χ1v) is 9.19. The molecule has 0 spiro atoms. The van der Waals surface area contributed by atoms with Crippen molar-refractivity contribution in [2.75, 3.05) is 0 Å². The Labute approximate surface area is 162 Å². The molecule has 2 aromatic carbocycles. The molecule has 0 radical (unpaired) electrons. The lowest BCUT2D eigenvalue weighted by molar-refractivity contribution is -0.268. The maximum Gasteiger partial charge on any atom is 0.229 e. The number of carbonyl (C=O) groups excluding carboxylic acids is 1. The van der Waals surface area contributed by atoms with E-state index in [1.54, 1.807) is 19.1 Å². The Hall–Kier alpha value is -2.45. The molecule has 1 saturated heterocycles. The zero-order valence-electron chi connectivity index (χ0n) is 15.3. The van der Waals surface area contributed by atoms with Gasteiger partial charge in [0.05, 0.1) is 18.1 Å². The third-order valence-corrected chi connectivity index (χ3v) is 5.12. The number of fused-ring (bicyclic) bond motifs is 1. The predicted molar refractivity (Wildman–Crippen MR) is 98.2 cm³/mol. The summed E-state index contributed by atoms with van der Waals surface area (Å²) in [5.74, 6) is 0.689. The molecule has 2 heterocycles. The summed E-state index contributed by atoms with van der Waals surface area (Å²) in [5.41, 5.74) is 1.32. The molecule has 0 aliphatic carbocycles. The number of benzene rings is 2. The van der Waals surface area contributed by atoms with Crippen molar-refractivity contribution < 1.29 is 34.3 Å². The van der Waals surface area contributed by atoms with E-state index in [-0.39, 0.29) is 18.3 Å². The van der Waals surface area contributed by atoms with Crippen molar-refractivity contribution in [1.29, 1.82) is 0 Å². The molecular weight excluding hydrogens is 364 g/mol. The van der Waals surface area contributed by atoms with E-state index in [1.165, 1.54) is 6.07 Å². The Kier molecular flexibility index (Phi) is 5.07. The number of ether oxygens (including phenoxy) is 3. The van der Waals surface area contributed by atoms with Crippen LogP contribution in [0.4, 0.5) is 0 Å². The highest BCUT2D eigenvalue weighted by molar-refractivity contribution is 6.00. The fraction of sp³-hybridized carbons (Fsp3) is 0.381. The summed E-state index contributed by atoms with van der Waals surface area (Å²) in [6.45, 7) is 1.57. The summed E-state index contributed by atoms with van der Waals surface area (Å²) in [6, 6.07) is 14.3. The minimum Gasteiger partial charge on any atom is -0.484 e. The van der Waals surface area contributed by atoms with Gasteiger partial charge in [0.15, 0.2) is 5.78 Å². The van der Waals surface area contributed by atoms with Crippen LogP contribution in [0.15, 0.2) is 48.5 Å². The first kappa shape index (κ1) is 18.9. The van der Waals surface area contributed by atoms with E-state index >= 15 is 0 Å². The number of hydrogen-bond donors (Lipinski definition) is 3. The molecule has 0 aromatic heterocycles. The van der Waals surface area contributed by atoms with Crippen LogP contribution in [0.1, 0.15) is 35.4 Å². The van der Waals surface area contributed by atoms with Gasteiger partial charge >= 0.3 is 0 Å². The number of rotatable bonds is 3. The summed E-state index contributed by atoms with van der Waals surface area (Å²) in [6.07, 6.45) is -6.01. The fourth-order valence-electron chi connectivity index (χ4n) is 3.47.